The third-order valence-electron chi connectivity index (χ3n) is 3.99. The predicted octanol–water partition coefficient (Wildman–Crippen LogP) is 4.04. The van der Waals surface area contributed by atoms with Gasteiger partial charge in [0, 0.05) is 10.7 Å². The molecule has 0 spiro atoms. The molecule has 1 N–H and O–H groups in total. The summed E-state index contributed by atoms with van der Waals surface area (Å²) in [6, 6.07) is 9.86. The summed E-state index contributed by atoms with van der Waals surface area (Å²) < 4.78 is 14.3. The van der Waals surface area contributed by atoms with Crippen molar-refractivity contribution in [1.29, 1.82) is 0 Å². The molecule has 0 bridgehead atoms. The van der Waals surface area contributed by atoms with E-state index in [1.54, 1.807) is 18.3 Å². The van der Waals surface area contributed by atoms with E-state index in [-0.39, 0.29) is 11.7 Å². The fourth-order valence-corrected chi connectivity index (χ4v) is 2.88. The van der Waals surface area contributed by atoms with Crippen molar-refractivity contribution in [2.24, 2.45) is 0 Å². The molecule has 5 heteroatoms. The summed E-state index contributed by atoms with van der Waals surface area (Å²) in [6.45, 7) is 0. The molecule has 1 aromatic heterocycles. The maximum Gasteiger partial charge on any atom is 0.236 e. The Hall–Kier alpha value is -1.75. The van der Waals surface area contributed by atoms with Gasteiger partial charge in [-0.25, -0.2) is 9.37 Å². The Balaban J connectivity index is 1.85. The molecule has 1 amide bonds. The monoisotopic (exact) mass is 348 g/mol. The van der Waals surface area contributed by atoms with E-state index in [1.807, 2.05) is 12.1 Å². The van der Waals surface area contributed by atoms with Crippen LogP contribution in [-0.4, -0.2) is 10.9 Å². The highest BCUT2D eigenvalue weighted by Gasteiger charge is 2.45. The van der Waals surface area contributed by atoms with Crippen molar-refractivity contribution in [3.05, 3.63) is 58.4 Å². The third kappa shape index (κ3) is 2.70. The number of halogens is 2. The first-order valence-corrected chi connectivity index (χ1v) is 7.58. The van der Waals surface area contributed by atoms with Gasteiger partial charge in [0.25, 0.3) is 0 Å². The minimum Gasteiger partial charge on any atom is -0.310 e. The first-order chi connectivity index (χ1) is 10.1. The van der Waals surface area contributed by atoms with Crippen LogP contribution in [-0.2, 0) is 10.2 Å². The lowest BCUT2D eigenvalue weighted by molar-refractivity contribution is -0.124. The smallest absolute Gasteiger partial charge is 0.236 e. The summed E-state index contributed by atoms with van der Waals surface area (Å²) in [4.78, 5) is 16.8. The SMILES string of the molecule is O=C(Nc1ccc(Br)cn1)C1(c2cccc(F)c2)CCC1. The summed E-state index contributed by atoms with van der Waals surface area (Å²) in [5.41, 5.74) is 0.111. The highest BCUT2D eigenvalue weighted by Crippen LogP contribution is 2.44. The Morgan fingerprint density at radius 3 is 2.67 bits per heavy atom. The van der Waals surface area contributed by atoms with E-state index in [1.165, 1.54) is 12.1 Å². The Bertz CT molecular complexity index is 668. The topological polar surface area (TPSA) is 42.0 Å². The van der Waals surface area contributed by atoms with Crippen molar-refractivity contribution in [1.82, 2.24) is 4.98 Å². The van der Waals surface area contributed by atoms with Gasteiger partial charge in [0.05, 0.1) is 5.41 Å². The predicted molar refractivity (Wildman–Crippen MR) is 82.5 cm³/mol. The van der Waals surface area contributed by atoms with Crippen LogP contribution < -0.4 is 5.32 Å². The van der Waals surface area contributed by atoms with Crippen LogP contribution in [0.25, 0.3) is 0 Å². The number of aromatic nitrogens is 1. The lowest BCUT2D eigenvalue weighted by Gasteiger charge is -2.40. The van der Waals surface area contributed by atoms with E-state index in [0.717, 1.165) is 29.3 Å². The number of hydrogen-bond acceptors (Lipinski definition) is 2. The molecule has 0 atom stereocenters. The Morgan fingerprint density at radius 2 is 2.10 bits per heavy atom. The molecule has 1 aliphatic carbocycles. The zero-order valence-corrected chi connectivity index (χ0v) is 12.9. The fourth-order valence-electron chi connectivity index (χ4n) is 2.65. The second-order valence-electron chi connectivity index (χ2n) is 5.26. The summed E-state index contributed by atoms with van der Waals surface area (Å²) in [5.74, 6) is 0.0772. The van der Waals surface area contributed by atoms with Gasteiger partial charge in [-0.3, -0.25) is 4.79 Å². The number of benzene rings is 1. The first-order valence-electron chi connectivity index (χ1n) is 6.79. The van der Waals surface area contributed by atoms with Crippen LogP contribution in [0.4, 0.5) is 10.2 Å². The molecule has 1 aliphatic rings. The van der Waals surface area contributed by atoms with Crippen LogP contribution in [0.15, 0.2) is 47.1 Å². The van der Waals surface area contributed by atoms with Crippen molar-refractivity contribution < 1.29 is 9.18 Å². The Kier molecular flexibility index (Phi) is 3.76. The Labute approximate surface area is 130 Å². The van der Waals surface area contributed by atoms with E-state index < -0.39 is 5.41 Å². The molecule has 108 valence electrons. The molecule has 0 saturated heterocycles. The molecular weight excluding hydrogens is 335 g/mol. The number of pyridine rings is 1. The van der Waals surface area contributed by atoms with Gasteiger partial charge in [-0.05, 0) is 58.6 Å². The quantitative estimate of drug-likeness (QED) is 0.909. The number of rotatable bonds is 3. The van der Waals surface area contributed by atoms with Crippen LogP contribution in [0.1, 0.15) is 24.8 Å². The van der Waals surface area contributed by atoms with Crippen molar-refractivity contribution in [3.8, 4) is 0 Å². The zero-order chi connectivity index (χ0) is 14.9. The summed E-state index contributed by atoms with van der Waals surface area (Å²) in [7, 11) is 0. The number of amides is 1. The largest absolute Gasteiger partial charge is 0.310 e. The summed E-state index contributed by atoms with van der Waals surface area (Å²) in [5, 5.41) is 2.84. The molecule has 3 nitrogen and oxygen atoms in total. The number of carbonyl (C=O) groups is 1. The van der Waals surface area contributed by atoms with Gasteiger partial charge in [0.2, 0.25) is 5.91 Å². The van der Waals surface area contributed by atoms with Gasteiger partial charge in [-0.2, -0.15) is 0 Å². The molecule has 0 unspecified atom stereocenters. The van der Waals surface area contributed by atoms with Gasteiger partial charge in [-0.1, -0.05) is 18.6 Å². The van der Waals surface area contributed by atoms with Gasteiger partial charge >= 0.3 is 0 Å². The second kappa shape index (κ2) is 5.56. The van der Waals surface area contributed by atoms with Crippen molar-refractivity contribution >= 4 is 27.7 Å². The van der Waals surface area contributed by atoms with Crippen LogP contribution in [0.2, 0.25) is 0 Å². The first kappa shape index (κ1) is 14.2. The third-order valence-corrected chi connectivity index (χ3v) is 4.46. The van der Waals surface area contributed by atoms with Crippen LogP contribution in [0.5, 0.6) is 0 Å². The normalized spacial score (nSPS) is 16.1. The maximum atomic E-state index is 13.4. The molecule has 3 rings (SSSR count). The second-order valence-corrected chi connectivity index (χ2v) is 6.18. The minimum absolute atomic E-state index is 0.117. The number of nitrogens with zero attached hydrogens (tertiary/aromatic N) is 1. The molecule has 21 heavy (non-hydrogen) atoms. The highest BCUT2D eigenvalue weighted by atomic mass is 79.9. The number of hydrogen-bond donors (Lipinski definition) is 1. The number of carbonyl (C=O) groups excluding carboxylic acids is 1. The van der Waals surface area contributed by atoms with E-state index in [0.29, 0.717) is 5.82 Å². The molecule has 0 radical (unpaired) electrons. The molecule has 1 saturated carbocycles. The van der Waals surface area contributed by atoms with E-state index in [9.17, 15) is 9.18 Å². The molecule has 0 aliphatic heterocycles. The fraction of sp³-hybridized carbons (Fsp3) is 0.250. The number of nitrogens with one attached hydrogen (secondary N) is 1. The van der Waals surface area contributed by atoms with Crippen molar-refractivity contribution in [2.75, 3.05) is 5.32 Å². The molecular formula is C16H14BrFN2O. The van der Waals surface area contributed by atoms with Gasteiger partial charge in [0.15, 0.2) is 0 Å². The molecule has 1 heterocycles. The van der Waals surface area contributed by atoms with Gasteiger partial charge in [0.1, 0.15) is 11.6 Å². The van der Waals surface area contributed by atoms with Crippen LogP contribution in [0.3, 0.4) is 0 Å². The average molecular weight is 349 g/mol. The van der Waals surface area contributed by atoms with Crippen LogP contribution in [0, 0.1) is 5.82 Å². The maximum absolute atomic E-state index is 13.4. The molecule has 1 fully saturated rings. The van der Waals surface area contributed by atoms with Crippen molar-refractivity contribution in [3.63, 3.8) is 0 Å². The van der Waals surface area contributed by atoms with Crippen LogP contribution >= 0.6 is 15.9 Å². The molecule has 1 aromatic carbocycles. The molecule has 2 aromatic rings. The van der Waals surface area contributed by atoms with Gasteiger partial charge in [-0.15, -0.1) is 0 Å². The zero-order valence-electron chi connectivity index (χ0n) is 11.3. The van der Waals surface area contributed by atoms with E-state index in [2.05, 4.69) is 26.2 Å². The number of anilines is 1. The lowest BCUT2D eigenvalue weighted by atomic mass is 9.64. The highest BCUT2D eigenvalue weighted by molar-refractivity contribution is 9.10. The minimum atomic E-state index is -0.628. The average Bonchev–Trinajstić information content (AvgIpc) is 2.40. The van der Waals surface area contributed by atoms with E-state index in [4.69, 9.17) is 0 Å². The summed E-state index contributed by atoms with van der Waals surface area (Å²) >= 11 is 3.30. The van der Waals surface area contributed by atoms with Gasteiger partial charge < -0.3 is 5.32 Å². The van der Waals surface area contributed by atoms with E-state index >= 15 is 0 Å². The lowest BCUT2D eigenvalue weighted by Crippen LogP contribution is -2.46. The standard InChI is InChI=1S/C16H14BrFN2O/c17-12-5-6-14(19-10-12)20-15(21)16(7-2-8-16)11-3-1-4-13(18)9-11/h1,3-6,9-10H,2,7-8H2,(H,19,20,21). The van der Waals surface area contributed by atoms with Crippen molar-refractivity contribution in [2.45, 2.75) is 24.7 Å². The Morgan fingerprint density at radius 1 is 1.29 bits per heavy atom. The summed E-state index contributed by atoms with van der Waals surface area (Å²) in [6.07, 6.45) is 4.07.